The minimum Gasteiger partial charge on any atom is -0.359 e. The first-order valence-electron chi connectivity index (χ1n) is 7.44. The Morgan fingerprint density at radius 3 is 2.75 bits per heavy atom. The first-order chi connectivity index (χ1) is 11.3. The number of hydrogen-bond acceptors (Lipinski definition) is 4. The van der Waals surface area contributed by atoms with E-state index >= 15 is 0 Å². The average Bonchev–Trinajstić information content (AvgIpc) is 2.79. The number of hydrogen-bond donors (Lipinski definition) is 1. The molecule has 1 fully saturated rings. The number of halogens is 2. The maximum atomic E-state index is 12.8. The van der Waals surface area contributed by atoms with Crippen LogP contribution in [0.15, 0.2) is 23.2 Å². The fourth-order valence-corrected chi connectivity index (χ4v) is 3.40. The highest BCUT2D eigenvalue weighted by Gasteiger charge is 2.40. The molecule has 0 radical (unpaired) electrons. The number of carbonyl (C=O) groups excluding carboxylic acids is 2. The van der Waals surface area contributed by atoms with E-state index in [1.165, 1.54) is 7.05 Å². The second-order valence-electron chi connectivity index (χ2n) is 5.51. The number of amidine groups is 1. The van der Waals surface area contributed by atoms with Gasteiger partial charge in [0.25, 0.3) is 6.43 Å². The van der Waals surface area contributed by atoms with E-state index in [1.807, 2.05) is 32.0 Å². The molecule has 0 aromatic heterocycles. The van der Waals surface area contributed by atoms with Crippen molar-refractivity contribution >= 4 is 34.4 Å². The van der Waals surface area contributed by atoms with Gasteiger partial charge in [-0.15, -0.1) is 0 Å². The average molecular weight is 355 g/mol. The molecule has 1 atom stereocenters. The summed E-state index contributed by atoms with van der Waals surface area (Å²) in [5, 5.41) is 1.92. The lowest BCUT2D eigenvalue weighted by Gasteiger charge is -2.16. The molecule has 1 aromatic rings. The summed E-state index contributed by atoms with van der Waals surface area (Å²) >= 11 is 1.05. The lowest BCUT2D eigenvalue weighted by molar-refractivity contribution is -0.130. The van der Waals surface area contributed by atoms with E-state index in [1.54, 1.807) is 0 Å². The molecule has 1 saturated heterocycles. The Kier molecular flexibility index (Phi) is 5.93. The monoisotopic (exact) mass is 355 g/mol. The van der Waals surface area contributed by atoms with Crippen molar-refractivity contribution in [3.8, 4) is 0 Å². The van der Waals surface area contributed by atoms with Gasteiger partial charge in [-0.2, -0.15) is 0 Å². The number of amides is 2. The van der Waals surface area contributed by atoms with E-state index in [0.29, 0.717) is 5.69 Å². The Bertz CT molecular complexity index is 679. The number of aliphatic imine (C=N–C) groups is 1. The lowest BCUT2D eigenvalue weighted by Crippen LogP contribution is -2.37. The Morgan fingerprint density at radius 2 is 2.12 bits per heavy atom. The largest absolute Gasteiger partial charge is 0.359 e. The lowest BCUT2D eigenvalue weighted by atomic mass is 10.1. The molecule has 1 heterocycles. The zero-order chi connectivity index (χ0) is 17.9. The molecule has 2 amide bonds. The molecule has 0 bridgehead atoms. The molecule has 1 aromatic carbocycles. The van der Waals surface area contributed by atoms with Gasteiger partial charge < -0.3 is 5.32 Å². The molecular weight excluding hydrogens is 336 g/mol. The van der Waals surface area contributed by atoms with Crippen LogP contribution in [0.5, 0.6) is 0 Å². The van der Waals surface area contributed by atoms with Crippen LogP contribution >= 0.6 is 11.8 Å². The molecule has 0 aliphatic carbocycles. The molecule has 130 valence electrons. The van der Waals surface area contributed by atoms with Crippen LogP contribution in [0.1, 0.15) is 17.5 Å². The SMILES string of the molecule is CNC(=O)CC1SC(=Nc2cc(C)ccc2C)N(CC(F)F)C1=O. The van der Waals surface area contributed by atoms with Gasteiger partial charge in [-0.05, 0) is 31.0 Å². The summed E-state index contributed by atoms with van der Waals surface area (Å²) in [5.41, 5.74) is 2.50. The van der Waals surface area contributed by atoms with Gasteiger partial charge in [0.1, 0.15) is 5.25 Å². The van der Waals surface area contributed by atoms with Gasteiger partial charge in [0.2, 0.25) is 11.8 Å². The van der Waals surface area contributed by atoms with Gasteiger partial charge in [-0.1, -0.05) is 23.9 Å². The van der Waals surface area contributed by atoms with Crippen LogP contribution in [0.25, 0.3) is 0 Å². The van der Waals surface area contributed by atoms with Crippen molar-refractivity contribution in [1.82, 2.24) is 10.2 Å². The molecule has 0 saturated carbocycles. The van der Waals surface area contributed by atoms with E-state index in [9.17, 15) is 18.4 Å². The minimum absolute atomic E-state index is 0.0639. The fraction of sp³-hybridized carbons (Fsp3) is 0.438. The summed E-state index contributed by atoms with van der Waals surface area (Å²) in [7, 11) is 1.47. The number of rotatable bonds is 5. The van der Waals surface area contributed by atoms with Crippen molar-refractivity contribution in [2.75, 3.05) is 13.6 Å². The van der Waals surface area contributed by atoms with Gasteiger partial charge in [-0.3, -0.25) is 14.5 Å². The predicted octanol–water partition coefficient (Wildman–Crippen LogP) is 2.64. The van der Waals surface area contributed by atoms with Crippen molar-refractivity contribution in [1.29, 1.82) is 0 Å². The number of benzene rings is 1. The topological polar surface area (TPSA) is 61.8 Å². The highest BCUT2D eigenvalue weighted by molar-refractivity contribution is 8.15. The molecule has 8 heteroatoms. The molecule has 24 heavy (non-hydrogen) atoms. The Morgan fingerprint density at radius 1 is 1.42 bits per heavy atom. The van der Waals surface area contributed by atoms with Crippen molar-refractivity contribution in [3.05, 3.63) is 29.3 Å². The van der Waals surface area contributed by atoms with Crippen molar-refractivity contribution in [2.24, 2.45) is 4.99 Å². The van der Waals surface area contributed by atoms with E-state index in [-0.39, 0.29) is 17.5 Å². The van der Waals surface area contributed by atoms with Gasteiger partial charge in [0, 0.05) is 13.5 Å². The number of aryl methyl sites for hydroxylation is 2. The molecule has 0 spiro atoms. The van der Waals surface area contributed by atoms with Crippen LogP contribution in [-0.4, -0.2) is 47.1 Å². The Balaban J connectivity index is 2.34. The quantitative estimate of drug-likeness (QED) is 0.883. The van der Waals surface area contributed by atoms with Gasteiger partial charge in [0.15, 0.2) is 5.17 Å². The number of nitrogens with zero attached hydrogens (tertiary/aromatic N) is 2. The van der Waals surface area contributed by atoms with Crippen molar-refractivity contribution in [2.45, 2.75) is 31.9 Å². The molecule has 1 unspecified atom stereocenters. The predicted molar refractivity (Wildman–Crippen MR) is 90.8 cm³/mol. The van der Waals surface area contributed by atoms with E-state index < -0.39 is 24.1 Å². The third-order valence-electron chi connectivity index (χ3n) is 3.57. The zero-order valence-electron chi connectivity index (χ0n) is 13.7. The van der Waals surface area contributed by atoms with E-state index in [4.69, 9.17) is 0 Å². The van der Waals surface area contributed by atoms with Crippen LogP contribution in [-0.2, 0) is 9.59 Å². The van der Waals surface area contributed by atoms with Crippen molar-refractivity contribution < 1.29 is 18.4 Å². The summed E-state index contributed by atoms with van der Waals surface area (Å²) in [6.07, 6.45) is -2.73. The third-order valence-corrected chi connectivity index (χ3v) is 4.75. The van der Waals surface area contributed by atoms with Crippen LogP contribution in [0.3, 0.4) is 0 Å². The van der Waals surface area contributed by atoms with Crippen LogP contribution in [0.2, 0.25) is 0 Å². The smallest absolute Gasteiger partial charge is 0.256 e. The molecule has 1 aliphatic heterocycles. The molecule has 1 N–H and O–H groups in total. The third kappa shape index (κ3) is 4.31. The summed E-state index contributed by atoms with van der Waals surface area (Å²) in [5.74, 6) is -0.821. The Labute approximate surface area is 143 Å². The van der Waals surface area contributed by atoms with Gasteiger partial charge in [-0.25, -0.2) is 13.8 Å². The molecular formula is C16H19F2N3O2S. The number of nitrogens with one attached hydrogen (secondary N) is 1. The Hall–Kier alpha value is -1.96. The van der Waals surface area contributed by atoms with E-state index in [0.717, 1.165) is 27.8 Å². The highest BCUT2D eigenvalue weighted by Crippen LogP contribution is 2.33. The number of alkyl halides is 2. The van der Waals surface area contributed by atoms with Gasteiger partial charge >= 0.3 is 0 Å². The fourth-order valence-electron chi connectivity index (χ4n) is 2.24. The second-order valence-corrected chi connectivity index (χ2v) is 6.68. The zero-order valence-corrected chi connectivity index (χ0v) is 14.5. The van der Waals surface area contributed by atoms with Gasteiger partial charge in [0.05, 0.1) is 12.2 Å². The second kappa shape index (κ2) is 7.74. The minimum atomic E-state index is -2.67. The van der Waals surface area contributed by atoms with Crippen molar-refractivity contribution in [3.63, 3.8) is 0 Å². The van der Waals surface area contributed by atoms with E-state index in [2.05, 4.69) is 10.3 Å². The summed E-state index contributed by atoms with van der Waals surface area (Å²) < 4.78 is 25.7. The highest BCUT2D eigenvalue weighted by atomic mass is 32.2. The first kappa shape index (κ1) is 18.4. The molecule has 1 aliphatic rings. The number of carbonyl (C=O) groups is 2. The summed E-state index contributed by atoms with van der Waals surface area (Å²) in [4.78, 5) is 29.3. The maximum absolute atomic E-state index is 12.8. The summed E-state index contributed by atoms with van der Waals surface area (Å²) in [6, 6.07) is 5.65. The molecule has 2 rings (SSSR count). The maximum Gasteiger partial charge on any atom is 0.256 e. The van der Waals surface area contributed by atoms with Crippen LogP contribution in [0.4, 0.5) is 14.5 Å². The standard InChI is InChI=1S/C16H19F2N3O2S/c1-9-4-5-10(2)11(6-9)20-16-21(8-13(17)18)15(23)12(24-16)7-14(22)19-3/h4-6,12-13H,7-8H2,1-3H3,(H,19,22). The number of thioether (sulfide) groups is 1. The molecule has 5 nitrogen and oxygen atoms in total. The van der Waals surface area contributed by atoms with Crippen LogP contribution < -0.4 is 5.32 Å². The normalized spacial score (nSPS) is 19.4. The summed E-state index contributed by atoms with van der Waals surface area (Å²) in [6.45, 7) is 3.04. The first-order valence-corrected chi connectivity index (χ1v) is 8.32. The van der Waals surface area contributed by atoms with Crippen LogP contribution in [0, 0.1) is 13.8 Å².